The molecule has 0 saturated heterocycles. The number of benzene rings is 2. The second-order valence-corrected chi connectivity index (χ2v) is 5.78. The molecule has 0 spiro atoms. The summed E-state index contributed by atoms with van der Waals surface area (Å²) in [5.74, 6) is 0. The Kier molecular flexibility index (Phi) is 5.85. The summed E-state index contributed by atoms with van der Waals surface area (Å²) in [7, 11) is 3.19. The standard InChI is InChI=1S/C15H15NOS2/c1-2-17-15(16-13-9-5-3-6-10-13)19-18-14-11-7-4-8-12-14/h3-12H,2H2,1H3. The van der Waals surface area contributed by atoms with Crippen molar-refractivity contribution in [2.45, 2.75) is 11.8 Å². The van der Waals surface area contributed by atoms with Gasteiger partial charge in [0.15, 0.2) is 0 Å². The lowest BCUT2D eigenvalue weighted by atomic mass is 10.3. The number of hydrogen-bond acceptors (Lipinski definition) is 4. The van der Waals surface area contributed by atoms with Crippen LogP contribution in [-0.4, -0.2) is 11.8 Å². The molecular formula is C15H15NOS2. The Morgan fingerprint density at radius 1 is 1.00 bits per heavy atom. The quantitative estimate of drug-likeness (QED) is 0.441. The van der Waals surface area contributed by atoms with Gasteiger partial charge in [-0.3, -0.25) is 0 Å². The molecule has 2 nitrogen and oxygen atoms in total. The Balaban J connectivity index is 2.02. The minimum Gasteiger partial charge on any atom is -0.473 e. The Hall–Kier alpha value is -1.39. The number of hydrogen-bond donors (Lipinski definition) is 0. The topological polar surface area (TPSA) is 21.6 Å². The summed E-state index contributed by atoms with van der Waals surface area (Å²) >= 11 is 0. The van der Waals surface area contributed by atoms with Crippen LogP contribution in [0.5, 0.6) is 0 Å². The highest BCUT2D eigenvalue weighted by Gasteiger charge is 2.03. The minimum atomic E-state index is 0.619. The van der Waals surface area contributed by atoms with E-state index in [1.807, 2.05) is 55.5 Å². The number of nitrogens with zero attached hydrogens (tertiary/aromatic N) is 1. The van der Waals surface area contributed by atoms with Crippen molar-refractivity contribution in [3.8, 4) is 0 Å². The highest BCUT2D eigenvalue weighted by molar-refractivity contribution is 8.82. The molecule has 98 valence electrons. The molecule has 19 heavy (non-hydrogen) atoms. The second kappa shape index (κ2) is 7.92. The summed E-state index contributed by atoms with van der Waals surface area (Å²) in [5, 5.41) is 0.683. The van der Waals surface area contributed by atoms with Crippen LogP contribution in [0.4, 0.5) is 5.69 Å². The third-order valence-corrected chi connectivity index (χ3v) is 4.35. The maximum absolute atomic E-state index is 5.56. The van der Waals surface area contributed by atoms with Crippen molar-refractivity contribution in [1.82, 2.24) is 0 Å². The van der Waals surface area contributed by atoms with Gasteiger partial charge in [0.1, 0.15) is 0 Å². The van der Waals surface area contributed by atoms with Gasteiger partial charge in [0.25, 0.3) is 5.23 Å². The van der Waals surface area contributed by atoms with Crippen LogP contribution in [0.3, 0.4) is 0 Å². The molecule has 0 fully saturated rings. The molecule has 0 aliphatic carbocycles. The van der Waals surface area contributed by atoms with Crippen LogP contribution >= 0.6 is 21.6 Å². The van der Waals surface area contributed by atoms with E-state index in [0.717, 1.165) is 5.69 Å². The first-order chi connectivity index (χ1) is 9.38. The van der Waals surface area contributed by atoms with E-state index in [1.54, 1.807) is 10.8 Å². The molecule has 0 amide bonds. The zero-order valence-corrected chi connectivity index (χ0v) is 12.3. The number of rotatable bonds is 4. The van der Waals surface area contributed by atoms with Crippen LogP contribution in [0.15, 0.2) is 70.6 Å². The Morgan fingerprint density at radius 2 is 1.63 bits per heavy atom. The molecule has 0 saturated carbocycles. The predicted octanol–water partition coefficient (Wildman–Crippen LogP) is 5.15. The molecule has 4 heteroatoms. The van der Waals surface area contributed by atoms with Gasteiger partial charge in [0.05, 0.1) is 12.3 Å². The first kappa shape index (κ1) is 14.0. The lowest BCUT2D eigenvalue weighted by Gasteiger charge is -2.06. The van der Waals surface area contributed by atoms with Crippen molar-refractivity contribution >= 4 is 32.5 Å². The molecule has 0 radical (unpaired) electrons. The van der Waals surface area contributed by atoms with Crippen molar-refractivity contribution in [3.05, 3.63) is 60.7 Å². The zero-order valence-electron chi connectivity index (χ0n) is 10.7. The van der Waals surface area contributed by atoms with Gasteiger partial charge in [-0.2, -0.15) is 0 Å². The van der Waals surface area contributed by atoms with E-state index in [2.05, 4.69) is 17.1 Å². The fraction of sp³-hybridized carbons (Fsp3) is 0.133. The second-order valence-electron chi connectivity index (χ2n) is 3.63. The summed E-state index contributed by atoms with van der Waals surface area (Å²) in [5.41, 5.74) is 0.909. The molecule has 2 aromatic rings. The smallest absolute Gasteiger partial charge is 0.262 e. The maximum atomic E-state index is 5.56. The average Bonchev–Trinajstić information content (AvgIpc) is 2.47. The Bertz CT molecular complexity index is 514. The van der Waals surface area contributed by atoms with Crippen molar-refractivity contribution in [1.29, 1.82) is 0 Å². The van der Waals surface area contributed by atoms with Crippen LogP contribution in [0, 0.1) is 0 Å². The van der Waals surface area contributed by atoms with Crippen LogP contribution in [0.1, 0.15) is 6.92 Å². The SMILES string of the molecule is CCOC(=Nc1ccccc1)SSc1ccccc1. The largest absolute Gasteiger partial charge is 0.473 e. The van der Waals surface area contributed by atoms with Crippen molar-refractivity contribution in [2.75, 3.05) is 6.61 Å². The molecule has 0 aliphatic heterocycles. The van der Waals surface area contributed by atoms with Crippen LogP contribution in [-0.2, 0) is 4.74 Å². The van der Waals surface area contributed by atoms with Crippen LogP contribution in [0.2, 0.25) is 0 Å². The molecule has 0 bridgehead atoms. The molecule has 2 aromatic carbocycles. The van der Waals surface area contributed by atoms with Gasteiger partial charge in [0.2, 0.25) is 0 Å². The molecule has 2 rings (SSSR count). The summed E-state index contributed by atoms with van der Waals surface area (Å²) in [6.07, 6.45) is 0. The highest BCUT2D eigenvalue weighted by Crippen LogP contribution is 2.33. The Morgan fingerprint density at radius 3 is 2.26 bits per heavy atom. The first-order valence-corrected chi connectivity index (χ1v) is 8.19. The molecule has 0 unspecified atom stereocenters. The minimum absolute atomic E-state index is 0.619. The third-order valence-electron chi connectivity index (χ3n) is 2.20. The van der Waals surface area contributed by atoms with Gasteiger partial charge in [-0.15, -0.1) is 0 Å². The van der Waals surface area contributed by atoms with E-state index < -0.39 is 0 Å². The van der Waals surface area contributed by atoms with Crippen molar-refractivity contribution in [2.24, 2.45) is 4.99 Å². The third kappa shape index (κ3) is 5.01. The lowest BCUT2D eigenvalue weighted by molar-refractivity contribution is 0.338. The predicted molar refractivity (Wildman–Crippen MR) is 85.1 cm³/mol. The van der Waals surface area contributed by atoms with Crippen molar-refractivity contribution < 1.29 is 4.74 Å². The molecule has 0 N–H and O–H groups in total. The summed E-state index contributed by atoms with van der Waals surface area (Å²) in [6.45, 7) is 2.59. The number of aliphatic imine (C=N–C) groups is 1. The summed E-state index contributed by atoms with van der Waals surface area (Å²) in [4.78, 5) is 5.69. The van der Waals surface area contributed by atoms with E-state index in [-0.39, 0.29) is 0 Å². The molecule has 0 aliphatic rings. The molecule has 0 aromatic heterocycles. The average molecular weight is 289 g/mol. The van der Waals surface area contributed by atoms with E-state index in [9.17, 15) is 0 Å². The van der Waals surface area contributed by atoms with Crippen LogP contribution in [0.25, 0.3) is 0 Å². The fourth-order valence-corrected chi connectivity index (χ4v) is 3.20. The van der Waals surface area contributed by atoms with Crippen molar-refractivity contribution in [3.63, 3.8) is 0 Å². The highest BCUT2D eigenvalue weighted by atomic mass is 33.1. The van der Waals surface area contributed by atoms with Gasteiger partial charge in [-0.05, 0) is 42.0 Å². The number of para-hydroxylation sites is 1. The zero-order chi connectivity index (χ0) is 13.3. The maximum Gasteiger partial charge on any atom is 0.262 e. The van der Waals surface area contributed by atoms with Gasteiger partial charge in [-0.25, -0.2) is 4.99 Å². The van der Waals surface area contributed by atoms with E-state index in [0.29, 0.717) is 11.8 Å². The van der Waals surface area contributed by atoms with Crippen LogP contribution < -0.4 is 0 Å². The van der Waals surface area contributed by atoms with Gasteiger partial charge in [-0.1, -0.05) is 36.4 Å². The summed E-state index contributed by atoms with van der Waals surface area (Å²) in [6, 6.07) is 20.1. The lowest BCUT2D eigenvalue weighted by Crippen LogP contribution is -1.97. The molecule has 0 heterocycles. The van der Waals surface area contributed by atoms with E-state index in [1.165, 1.54) is 15.7 Å². The van der Waals surface area contributed by atoms with E-state index >= 15 is 0 Å². The summed E-state index contributed by atoms with van der Waals surface area (Å²) < 4.78 is 5.56. The normalized spacial score (nSPS) is 11.3. The fourth-order valence-electron chi connectivity index (χ4n) is 1.37. The monoisotopic (exact) mass is 289 g/mol. The Labute approximate surface area is 121 Å². The number of ether oxygens (including phenoxy) is 1. The van der Waals surface area contributed by atoms with Gasteiger partial charge < -0.3 is 4.74 Å². The van der Waals surface area contributed by atoms with Gasteiger partial charge in [0, 0.05) is 15.7 Å². The molecule has 0 atom stereocenters. The molecular weight excluding hydrogens is 274 g/mol. The van der Waals surface area contributed by atoms with Gasteiger partial charge >= 0.3 is 0 Å². The van der Waals surface area contributed by atoms with E-state index in [4.69, 9.17) is 4.74 Å². The first-order valence-electron chi connectivity index (χ1n) is 6.04.